The fraction of sp³-hybridized carbons (Fsp3) is 0.500. The van der Waals surface area contributed by atoms with Crippen LogP contribution in [0.1, 0.15) is 13.8 Å². The van der Waals surface area contributed by atoms with Gasteiger partial charge in [-0.05, 0) is 13.8 Å². The summed E-state index contributed by atoms with van der Waals surface area (Å²) < 4.78 is 0. The Kier molecular flexibility index (Phi) is 2.23. The zero-order chi connectivity index (χ0) is 7.49. The molecule has 0 aliphatic carbocycles. The average Bonchev–Trinajstić information content (AvgIpc) is 1.64. The number of rotatable bonds is 1. The Morgan fingerprint density at radius 3 is 2.33 bits per heavy atom. The quantitative estimate of drug-likeness (QED) is 0.490. The molecule has 0 bridgehead atoms. The third-order valence-corrected chi connectivity index (χ3v) is 0.927. The van der Waals surface area contributed by atoms with E-state index in [9.17, 15) is 0 Å². The molecule has 0 aliphatic heterocycles. The number of allylic oxidation sites excluding steroid dienone is 1. The van der Waals surface area contributed by atoms with Crippen LogP contribution in [0.5, 0.6) is 0 Å². The molecule has 0 saturated heterocycles. The van der Waals surface area contributed by atoms with Crippen LogP contribution in [0.15, 0.2) is 11.8 Å². The minimum atomic E-state index is -1.07. The fourth-order valence-corrected chi connectivity index (χ4v) is 0.246. The molecule has 3 nitrogen and oxygen atoms in total. The first-order valence-corrected chi connectivity index (χ1v) is 2.56. The molecule has 0 fully saturated rings. The first-order valence-electron chi connectivity index (χ1n) is 2.56. The van der Waals surface area contributed by atoms with Crippen molar-refractivity contribution in [3.05, 3.63) is 11.8 Å². The van der Waals surface area contributed by atoms with E-state index in [1.807, 2.05) is 0 Å². The Balaban J connectivity index is 4.25. The number of hydrogen-bond donors (Lipinski definition) is 2. The molecule has 0 saturated carbocycles. The van der Waals surface area contributed by atoms with Crippen LogP contribution in [-0.2, 0) is 0 Å². The molecule has 0 rings (SSSR count). The molecule has 0 aliphatic rings. The number of nitrogens with two attached hydrogens (primary N) is 1. The third-order valence-electron chi connectivity index (χ3n) is 0.927. The van der Waals surface area contributed by atoms with Gasteiger partial charge in [0.15, 0.2) is 0 Å². The molecule has 0 aromatic carbocycles. The van der Waals surface area contributed by atoms with Gasteiger partial charge < -0.3 is 10.8 Å². The van der Waals surface area contributed by atoms with Gasteiger partial charge in [0, 0.05) is 6.08 Å². The minimum Gasteiger partial charge on any atom is -0.399 e. The predicted molar refractivity (Wildman–Crippen MR) is 34.2 cm³/mol. The van der Waals surface area contributed by atoms with Gasteiger partial charge >= 0.3 is 0 Å². The smallest absolute Gasteiger partial charge is 0.0989 e. The molecule has 0 aromatic heterocycles. The highest BCUT2D eigenvalue weighted by Gasteiger charge is 2.14. The van der Waals surface area contributed by atoms with Crippen LogP contribution in [0.3, 0.4) is 0 Å². The molecule has 0 radical (unpaired) electrons. The summed E-state index contributed by atoms with van der Waals surface area (Å²) in [4.78, 5) is 0. The summed E-state index contributed by atoms with van der Waals surface area (Å²) in [6.45, 7) is 3.05. The van der Waals surface area contributed by atoms with Crippen molar-refractivity contribution in [2.45, 2.75) is 19.4 Å². The van der Waals surface area contributed by atoms with Crippen LogP contribution >= 0.6 is 0 Å². The largest absolute Gasteiger partial charge is 0.399 e. The summed E-state index contributed by atoms with van der Waals surface area (Å²) in [7, 11) is 0. The lowest BCUT2D eigenvalue weighted by molar-refractivity contribution is 0.118. The van der Waals surface area contributed by atoms with Crippen molar-refractivity contribution in [1.82, 2.24) is 0 Å². The Bertz CT molecular complexity index is 159. The number of nitrogens with zero attached hydrogens (tertiary/aromatic N) is 1. The molecule has 50 valence electrons. The standard InChI is InChI=1S/C6H10N2O/c1-6(2,9)5(8)3-4-7/h3,9H,8H2,1-2H3. The first-order chi connectivity index (χ1) is 3.98. The maximum Gasteiger partial charge on any atom is 0.0989 e. The molecular formula is C6H10N2O. The monoisotopic (exact) mass is 126 g/mol. The number of aliphatic hydroxyl groups is 1. The van der Waals surface area contributed by atoms with Crippen LogP contribution in [0.4, 0.5) is 0 Å². The van der Waals surface area contributed by atoms with E-state index in [0.29, 0.717) is 0 Å². The molecule has 0 spiro atoms. The summed E-state index contributed by atoms with van der Waals surface area (Å²) in [6.07, 6.45) is 1.12. The van der Waals surface area contributed by atoms with Gasteiger partial charge in [-0.1, -0.05) is 0 Å². The molecule has 0 atom stereocenters. The Morgan fingerprint density at radius 1 is 1.78 bits per heavy atom. The maximum atomic E-state index is 9.07. The lowest BCUT2D eigenvalue weighted by atomic mass is 10.1. The summed E-state index contributed by atoms with van der Waals surface area (Å²) in [5.74, 6) is 0. The zero-order valence-electron chi connectivity index (χ0n) is 5.55. The Hall–Kier alpha value is -1.01. The molecule has 0 unspecified atom stereocenters. The third kappa shape index (κ3) is 2.73. The van der Waals surface area contributed by atoms with E-state index < -0.39 is 5.60 Å². The highest BCUT2D eigenvalue weighted by atomic mass is 16.3. The van der Waals surface area contributed by atoms with Gasteiger partial charge in [0.1, 0.15) is 0 Å². The van der Waals surface area contributed by atoms with Gasteiger partial charge in [-0.25, -0.2) is 0 Å². The Morgan fingerprint density at radius 2 is 2.22 bits per heavy atom. The molecule has 0 aromatic rings. The van der Waals surface area contributed by atoms with Crippen LogP contribution in [0.2, 0.25) is 0 Å². The second-order valence-electron chi connectivity index (χ2n) is 2.29. The zero-order valence-corrected chi connectivity index (χ0v) is 5.55. The van der Waals surface area contributed by atoms with E-state index in [1.165, 1.54) is 13.8 Å². The summed E-state index contributed by atoms with van der Waals surface area (Å²) in [5.41, 5.74) is 4.36. The lowest BCUT2D eigenvalue weighted by Gasteiger charge is -2.15. The second-order valence-corrected chi connectivity index (χ2v) is 2.29. The van der Waals surface area contributed by atoms with Crippen LogP contribution in [0, 0.1) is 11.3 Å². The summed E-state index contributed by atoms with van der Waals surface area (Å²) in [5, 5.41) is 17.2. The topological polar surface area (TPSA) is 70.0 Å². The van der Waals surface area contributed by atoms with Crippen LogP contribution in [0.25, 0.3) is 0 Å². The van der Waals surface area contributed by atoms with Crippen molar-refractivity contribution in [3.8, 4) is 6.07 Å². The molecule has 0 heterocycles. The van der Waals surface area contributed by atoms with E-state index in [0.717, 1.165) is 6.08 Å². The van der Waals surface area contributed by atoms with E-state index >= 15 is 0 Å². The minimum absolute atomic E-state index is 0.185. The SMILES string of the molecule is CC(C)(O)C(N)=CC#N. The lowest BCUT2D eigenvalue weighted by Crippen LogP contribution is -2.27. The maximum absolute atomic E-state index is 9.07. The van der Waals surface area contributed by atoms with E-state index in [1.54, 1.807) is 6.07 Å². The highest BCUT2D eigenvalue weighted by Crippen LogP contribution is 2.07. The van der Waals surface area contributed by atoms with Crippen molar-refractivity contribution in [2.24, 2.45) is 5.73 Å². The molecular weight excluding hydrogens is 116 g/mol. The number of nitriles is 1. The number of hydrogen-bond acceptors (Lipinski definition) is 3. The Labute approximate surface area is 54.4 Å². The molecule has 3 heteroatoms. The van der Waals surface area contributed by atoms with E-state index in [4.69, 9.17) is 16.1 Å². The second kappa shape index (κ2) is 2.51. The molecule has 9 heavy (non-hydrogen) atoms. The predicted octanol–water partition coefficient (Wildman–Crippen LogP) is 0.123. The normalized spacial score (nSPS) is 12.9. The first kappa shape index (κ1) is 7.99. The van der Waals surface area contributed by atoms with Gasteiger partial charge in [-0.15, -0.1) is 0 Å². The van der Waals surface area contributed by atoms with Gasteiger partial charge in [0.05, 0.1) is 17.4 Å². The van der Waals surface area contributed by atoms with Crippen molar-refractivity contribution < 1.29 is 5.11 Å². The van der Waals surface area contributed by atoms with Crippen molar-refractivity contribution in [1.29, 1.82) is 5.26 Å². The van der Waals surface area contributed by atoms with Gasteiger partial charge in [-0.3, -0.25) is 0 Å². The van der Waals surface area contributed by atoms with Gasteiger partial charge in [-0.2, -0.15) is 5.26 Å². The summed E-state index contributed by atoms with van der Waals surface area (Å²) >= 11 is 0. The van der Waals surface area contributed by atoms with Crippen molar-refractivity contribution in [2.75, 3.05) is 0 Å². The highest BCUT2D eigenvalue weighted by molar-refractivity contribution is 5.17. The fourth-order valence-electron chi connectivity index (χ4n) is 0.246. The van der Waals surface area contributed by atoms with Gasteiger partial charge in [0.2, 0.25) is 0 Å². The van der Waals surface area contributed by atoms with Crippen molar-refractivity contribution >= 4 is 0 Å². The molecule has 3 N–H and O–H groups in total. The van der Waals surface area contributed by atoms with Crippen LogP contribution < -0.4 is 5.73 Å². The summed E-state index contributed by atoms with van der Waals surface area (Å²) in [6, 6.07) is 1.73. The average molecular weight is 126 g/mol. The van der Waals surface area contributed by atoms with E-state index in [-0.39, 0.29) is 5.70 Å². The molecule has 0 amide bonds. The van der Waals surface area contributed by atoms with Crippen LogP contribution in [-0.4, -0.2) is 10.7 Å². The van der Waals surface area contributed by atoms with E-state index in [2.05, 4.69) is 0 Å². The van der Waals surface area contributed by atoms with Crippen molar-refractivity contribution in [3.63, 3.8) is 0 Å². The van der Waals surface area contributed by atoms with Gasteiger partial charge in [0.25, 0.3) is 0 Å².